The van der Waals surface area contributed by atoms with Crippen LogP contribution in [0, 0.1) is 0 Å². The van der Waals surface area contributed by atoms with Crippen LogP contribution in [0.3, 0.4) is 0 Å². The van der Waals surface area contributed by atoms with Gasteiger partial charge in [0.15, 0.2) is 0 Å². The van der Waals surface area contributed by atoms with Crippen molar-refractivity contribution in [1.82, 2.24) is 10.2 Å². The van der Waals surface area contributed by atoms with E-state index in [1.54, 1.807) is 11.8 Å². The summed E-state index contributed by atoms with van der Waals surface area (Å²) in [4.78, 5) is 13.9. The number of carbonyl (C=O) groups excluding carboxylic acids is 1. The Labute approximate surface area is 110 Å². The van der Waals surface area contributed by atoms with Crippen LogP contribution in [0.5, 0.6) is 0 Å². The van der Waals surface area contributed by atoms with Crippen molar-refractivity contribution < 1.29 is 13.2 Å². The predicted octanol–water partition coefficient (Wildman–Crippen LogP) is 0.756. The van der Waals surface area contributed by atoms with Gasteiger partial charge in [-0.1, -0.05) is 19.8 Å². The Kier molecular flexibility index (Phi) is 5.16. The van der Waals surface area contributed by atoms with Crippen molar-refractivity contribution in [3.63, 3.8) is 0 Å². The SMILES string of the molecule is CCCCC1NC(C)N(C(C)CS(C)(=O)=O)C1=O. The highest BCUT2D eigenvalue weighted by atomic mass is 32.2. The number of hydrogen-bond donors (Lipinski definition) is 1. The number of nitrogens with one attached hydrogen (secondary N) is 1. The van der Waals surface area contributed by atoms with E-state index in [-0.39, 0.29) is 29.9 Å². The topological polar surface area (TPSA) is 66.5 Å². The van der Waals surface area contributed by atoms with Crippen molar-refractivity contribution in [2.75, 3.05) is 12.0 Å². The highest BCUT2D eigenvalue weighted by molar-refractivity contribution is 7.90. The zero-order chi connectivity index (χ0) is 13.9. The van der Waals surface area contributed by atoms with Gasteiger partial charge in [-0.3, -0.25) is 10.1 Å². The molecule has 3 atom stereocenters. The summed E-state index contributed by atoms with van der Waals surface area (Å²) in [6.07, 6.45) is 4.00. The summed E-state index contributed by atoms with van der Waals surface area (Å²) in [5, 5.41) is 3.24. The molecule has 1 heterocycles. The molecule has 1 fully saturated rings. The van der Waals surface area contributed by atoms with Crippen LogP contribution in [0.4, 0.5) is 0 Å². The van der Waals surface area contributed by atoms with Gasteiger partial charge in [0.25, 0.3) is 0 Å². The zero-order valence-corrected chi connectivity index (χ0v) is 12.5. The lowest BCUT2D eigenvalue weighted by molar-refractivity contribution is -0.131. The fraction of sp³-hybridized carbons (Fsp3) is 0.917. The molecule has 0 saturated carbocycles. The average molecular weight is 276 g/mol. The minimum Gasteiger partial charge on any atom is -0.322 e. The van der Waals surface area contributed by atoms with Crippen LogP contribution in [-0.2, 0) is 14.6 Å². The van der Waals surface area contributed by atoms with E-state index in [1.807, 2.05) is 6.92 Å². The monoisotopic (exact) mass is 276 g/mol. The maximum atomic E-state index is 12.2. The van der Waals surface area contributed by atoms with Crippen molar-refractivity contribution in [3.8, 4) is 0 Å². The first-order valence-corrected chi connectivity index (χ1v) is 8.58. The van der Waals surface area contributed by atoms with E-state index in [2.05, 4.69) is 12.2 Å². The first kappa shape index (κ1) is 15.4. The Morgan fingerprint density at radius 3 is 2.56 bits per heavy atom. The minimum atomic E-state index is -3.06. The zero-order valence-electron chi connectivity index (χ0n) is 11.6. The molecule has 18 heavy (non-hydrogen) atoms. The number of carbonyl (C=O) groups is 1. The lowest BCUT2D eigenvalue weighted by Gasteiger charge is -2.27. The van der Waals surface area contributed by atoms with Gasteiger partial charge in [-0.15, -0.1) is 0 Å². The van der Waals surface area contributed by atoms with Gasteiger partial charge in [0.1, 0.15) is 9.84 Å². The Balaban J connectivity index is 2.69. The number of sulfone groups is 1. The van der Waals surface area contributed by atoms with Crippen molar-refractivity contribution in [2.45, 2.75) is 58.3 Å². The minimum absolute atomic E-state index is 0.0191. The van der Waals surface area contributed by atoms with Gasteiger partial charge < -0.3 is 4.90 Å². The normalized spacial score (nSPS) is 26.7. The number of amides is 1. The maximum absolute atomic E-state index is 12.2. The summed E-state index contributed by atoms with van der Waals surface area (Å²) < 4.78 is 22.6. The molecule has 5 nitrogen and oxygen atoms in total. The third kappa shape index (κ3) is 3.95. The largest absolute Gasteiger partial charge is 0.322 e. The van der Waals surface area contributed by atoms with E-state index >= 15 is 0 Å². The van der Waals surface area contributed by atoms with E-state index < -0.39 is 9.84 Å². The van der Waals surface area contributed by atoms with Crippen molar-refractivity contribution >= 4 is 15.7 Å². The van der Waals surface area contributed by atoms with Gasteiger partial charge in [-0.2, -0.15) is 0 Å². The quantitative estimate of drug-likeness (QED) is 0.777. The highest BCUT2D eigenvalue weighted by Crippen LogP contribution is 2.18. The molecule has 1 aliphatic heterocycles. The molecule has 0 radical (unpaired) electrons. The molecule has 0 aliphatic carbocycles. The maximum Gasteiger partial charge on any atom is 0.241 e. The molecular formula is C12H24N2O3S. The number of rotatable bonds is 6. The van der Waals surface area contributed by atoms with E-state index in [4.69, 9.17) is 0 Å². The lowest BCUT2D eigenvalue weighted by atomic mass is 10.1. The molecule has 0 aromatic carbocycles. The molecule has 0 aromatic rings. The Hall–Kier alpha value is -0.620. The Morgan fingerprint density at radius 1 is 1.44 bits per heavy atom. The van der Waals surface area contributed by atoms with Crippen LogP contribution >= 0.6 is 0 Å². The van der Waals surface area contributed by atoms with Gasteiger partial charge in [0, 0.05) is 12.3 Å². The van der Waals surface area contributed by atoms with Gasteiger partial charge in [0.2, 0.25) is 5.91 Å². The van der Waals surface area contributed by atoms with E-state index in [0.29, 0.717) is 0 Å². The van der Waals surface area contributed by atoms with Gasteiger partial charge in [-0.25, -0.2) is 8.42 Å². The molecule has 106 valence electrons. The lowest BCUT2D eigenvalue weighted by Crippen LogP contribution is -2.44. The van der Waals surface area contributed by atoms with Gasteiger partial charge in [-0.05, 0) is 20.3 Å². The van der Waals surface area contributed by atoms with E-state index in [1.165, 1.54) is 6.26 Å². The third-order valence-corrected chi connectivity index (χ3v) is 4.37. The average Bonchev–Trinajstić information content (AvgIpc) is 2.48. The van der Waals surface area contributed by atoms with Crippen LogP contribution < -0.4 is 5.32 Å². The standard InChI is InChI=1S/C12H24N2O3S/c1-5-6-7-11-12(15)14(10(3)13-11)9(2)8-18(4,16)17/h9-11,13H,5-8H2,1-4H3. The number of unbranched alkanes of at least 4 members (excludes halogenated alkanes) is 1. The summed E-state index contributed by atoms with van der Waals surface area (Å²) in [5.41, 5.74) is 0. The summed E-state index contributed by atoms with van der Waals surface area (Å²) in [5.74, 6) is 0.0535. The van der Waals surface area contributed by atoms with Crippen LogP contribution in [0.2, 0.25) is 0 Å². The summed E-state index contributed by atoms with van der Waals surface area (Å²) in [7, 11) is -3.06. The van der Waals surface area contributed by atoms with Crippen LogP contribution in [0.15, 0.2) is 0 Å². The summed E-state index contributed by atoms with van der Waals surface area (Å²) >= 11 is 0. The second-order valence-corrected chi connectivity index (χ2v) is 7.41. The molecule has 6 heteroatoms. The molecule has 0 spiro atoms. The first-order chi connectivity index (χ1) is 8.26. The Bertz CT molecular complexity index is 394. The van der Waals surface area contributed by atoms with Gasteiger partial charge >= 0.3 is 0 Å². The molecule has 1 rings (SSSR count). The fourth-order valence-electron chi connectivity index (χ4n) is 2.55. The summed E-state index contributed by atoms with van der Waals surface area (Å²) in [6.45, 7) is 5.79. The molecule has 1 amide bonds. The highest BCUT2D eigenvalue weighted by Gasteiger charge is 2.39. The smallest absolute Gasteiger partial charge is 0.241 e. The number of nitrogens with zero attached hydrogens (tertiary/aromatic N) is 1. The van der Waals surface area contributed by atoms with Crippen molar-refractivity contribution in [1.29, 1.82) is 0 Å². The second-order valence-electron chi connectivity index (χ2n) is 5.22. The molecule has 1 saturated heterocycles. The Morgan fingerprint density at radius 2 is 2.06 bits per heavy atom. The first-order valence-electron chi connectivity index (χ1n) is 6.52. The van der Waals surface area contributed by atoms with E-state index in [9.17, 15) is 13.2 Å². The predicted molar refractivity (Wildman–Crippen MR) is 71.9 cm³/mol. The molecule has 1 N–H and O–H groups in total. The molecule has 0 aromatic heterocycles. The fourth-order valence-corrected chi connectivity index (χ4v) is 3.58. The van der Waals surface area contributed by atoms with E-state index in [0.717, 1.165) is 19.3 Å². The van der Waals surface area contributed by atoms with Gasteiger partial charge in [0.05, 0.1) is 18.0 Å². The van der Waals surface area contributed by atoms with Crippen molar-refractivity contribution in [2.24, 2.45) is 0 Å². The van der Waals surface area contributed by atoms with Crippen LogP contribution in [0.1, 0.15) is 40.0 Å². The number of hydrogen-bond acceptors (Lipinski definition) is 4. The molecule has 3 unspecified atom stereocenters. The van der Waals surface area contributed by atoms with Crippen LogP contribution in [0.25, 0.3) is 0 Å². The van der Waals surface area contributed by atoms with Crippen LogP contribution in [-0.4, -0.2) is 49.5 Å². The molecule has 0 bridgehead atoms. The molecular weight excluding hydrogens is 252 g/mol. The molecule has 1 aliphatic rings. The third-order valence-electron chi connectivity index (χ3n) is 3.28. The van der Waals surface area contributed by atoms with Crippen molar-refractivity contribution in [3.05, 3.63) is 0 Å². The second kappa shape index (κ2) is 6.02. The summed E-state index contributed by atoms with van der Waals surface area (Å²) in [6, 6.07) is -0.427.